The Balaban J connectivity index is 1.49. The molecular weight excluding hydrogens is 380 g/mol. The molecule has 2 heterocycles. The number of furan rings is 1. The highest BCUT2D eigenvalue weighted by Gasteiger charge is 2.35. The van der Waals surface area contributed by atoms with Crippen molar-refractivity contribution in [2.24, 2.45) is 5.10 Å². The van der Waals surface area contributed by atoms with E-state index in [1.54, 1.807) is 18.4 Å². The van der Waals surface area contributed by atoms with Crippen molar-refractivity contribution < 1.29 is 18.7 Å². The Kier molecular flexibility index (Phi) is 5.84. The molecule has 1 aliphatic heterocycles. The number of amides is 1. The van der Waals surface area contributed by atoms with Crippen LogP contribution in [0.1, 0.15) is 36.3 Å². The summed E-state index contributed by atoms with van der Waals surface area (Å²) >= 11 is 0. The molecule has 6 heteroatoms. The second-order valence-electron chi connectivity index (χ2n) is 7.08. The molecule has 3 aromatic rings. The topological polar surface area (TPSA) is 64.3 Å². The minimum atomic E-state index is -0.285. The maximum absolute atomic E-state index is 13.0. The lowest BCUT2D eigenvalue weighted by Gasteiger charge is -2.20. The Bertz CT molecular complexity index is 1010. The van der Waals surface area contributed by atoms with Gasteiger partial charge in [-0.3, -0.25) is 4.79 Å². The van der Waals surface area contributed by atoms with Gasteiger partial charge in [0.05, 0.1) is 18.6 Å². The SMILES string of the molecule is CCOc1ccc(OCC(=O)N2N=C(c3ccc(C)cc3)C[C@H]2c2ccco2)cc1. The van der Waals surface area contributed by atoms with Gasteiger partial charge in [0.1, 0.15) is 23.3 Å². The molecule has 154 valence electrons. The van der Waals surface area contributed by atoms with Crippen molar-refractivity contribution >= 4 is 11.6 Å². The lowest BCUT2D eigenvalue weighted by molar-refractivity contribution is -0.135. The lowest BCUT2D eigenvalue weighted by atomic mass is 10.0. The predicted octanol–water partition coefficient (Wildman–Crippen LogP) is 4.74. The van der Waals surface area contributed by atoms with E-state index in [9.17, 15) is 4.79 Å². The van der Waals surface area contributed by atoms with Crippen molar-refractivity contribution in [1.29, 1.82) is 0 Å². The van der Waals surface area contributed by atoms with E-state index >= 15 is 0 Å². The molecule has 1 aromatic heterocycles. The molecule has 1 amide bonds. The highest BCUT2D eigenvalue weighted by atomic mass is 16.5. The summed E-state index contributed by atoms with van der Waals surface area (Å²) in [6.45, 7) is 4.46. The van der Waals surface area contributed by atoms with Crippen LogP contribution in [0.5, 0.6) is 11.5 Å². The van der Waals surface area contributed by atoms with E-state index in [4.69, 9.17) is 13.9 Å². The van der Waals surface area contributed by atoms with E-state index in [2.05, 4.69) is 5.10 Å². The Hall–Kier alpha value is -3.54. The fraction of sp³-hybridized carbons (Fsp3) is 0.250. The molecule has 0 N–H and O–H groups in total. The van der Waals surface area contributed by atoms with Gasteiger partial charge in [-0.2, -0.15) is 5.10 Å². The first-order chi connectivity index (χ1) is 14.6. The molecular formula is C24H24N2O4. The van der Waals surface area contributed by atoms with Crippen molar-refractivity contribution in [3.8, 4) is 11.5 Å². The summed E-state index contributed by atoms with van der Waals surface area (Å²) < 4.78 is 16.7. The molecule has 0 radical (unpaired) electrons. The lowest BCUT2D eigenvalue weighted by Crippen LogP contribution is -2.31. The van der Waals surface area contributed by atoms with Crippen LogP contribution in [0.25, 0.3) is 0 Å². The van der Waals surface area contributed by atoms with E-state index in [1.165, 1.54) is 10.6 Å². The predicted molar refractivity (Wildman–Crippen MR) is 114 cm³/mol. The van der Waals surface area contributed by atoms with Gasteiger partial charge >= 0.3 is 0 Å². The average molecular weight is 404 g/mol. The molecule has 0 spiro atoms. The maximum Gasteiger partial charge on any atom is 0.281 e. The smallest absolute Gasteiger partial charge is 0.281 e. The quantitative estimate of drug-likeness (QED) is 0.570. The van der Waals surface area contributed by atoms with E-state index in [1.807, 2.05) is 62.4 Å². The number of ether oxygens (including phenoxy) is 2. The number of carbonyl (C=O) groups excluding carboxylic acids is 1. The van der Waals surface area contributed by atoms with Gasteiger partial charge in [-0.25, -0.2) is 5.01 Å². The highest BCUT2D eigenvalue weighted by Crippen LogP contribution is 2.33. The summed E-state index contributed by atoms with van der Waals surface area (Å²) in [6, 6.07) is 18.7. The van der Waals surface area contributed by atoms with Crippen molar-refractivity contribution in [2.75, 3.05) is 13.2 Å². The first-order valence-electron chi connectivity index (χ1n) is 9.99. The van der Waals surface area contributed by atoms with E-state index < -0.39 is 0 Å². The number of hydrazone groups is 1. The normalized spacial score (nSPS) is 15.7. The summed E-state index contributed by atoms with van der Waals surface area (Å²) in [7, 11) is 0. The fourth-order valence-corrected chi connectivity index (χ4v) is 3.37. The van der Waals surface area contributed by atoms with Crippen LogP contribution in [0.15, 0.2) is 76.4 Å². The summed E-state index contributed by atoms with van der Waals surface area (Å²) in [4.78, 5) is 13.0. The second kappa shape index (κ2) is 8.86. The zero-order chi connectivity index (χ0) is 20.9. The summed E-state index contributed by atoms with van der Waals surface area (Å²) in [5.41, 5.74) is 3.03. The van der Waals surface area contributed by atoms with Gasteiger partial charge in [0, 0.05) is 6.42 Å². The zero-order valence-electron chi connectivity index (χ0n) is 17.1. The molecule has 1 aliphatic rings. The van der Waals surface area contributed by atoms with Crippen LogP contribution in [0, 0.1) is 6.92 Å². The van der Waals surface area contributed by atoms with Crippen LogP contribution in [0.4, 0.5) is 0 Å². The van der Waals surface area contributed by atoms with Crippen LogP contribution in [0.2, 0.25) is 0 Å². The number of hydrogen-bond acceptors (Lipinski definition) is 5. The molecule has 1 atom stereocenters. The van der Waals surface area contributed by atoms with Gasteiger partial charge in [0.25, 0.3) is 5.91 Å². The minimum Gasteiger partial charge on any atom is -0.494 e. The van der Waals surface area contributed by atoms with Gasteiger partial charge in [-0.15, -0.1) is 0 Å². The van der Waals surface area contributed by atoms with Gasteiger partial charge in [0.15, 0.2) is 6.61 Å². The highest BCUT2D eigenvalue weighted by molar-refractivity contribution is 6.03. The monoisotopic (exact) mass is 404 g/mol. The Morgan fingerprint density at radius 2 is 1.77 bits per heavy atom. The zero-order valence-corrected chi connectivity index (χ0v) is 17.1. The van der Waals surface area contributed by atoms with Crippen molar-refractivity contribution in [1.82, 2.24) is 5.01 Å². The van der Waals surface area contributed by atoms with Gasteiger partial charge in [-0.05, 0) is 55.8 Å². The molecule has 6 nitrogen and oxygen atoms in total. The van der Waals surface area contributed by atoms with Crippen LogP contribution < -0.4 is 9.47 Å². The third-order valence-corrected chi connectivity index (χ3v) is 4.92. The standard InChI is InChI=1S/C24H24N2O4/c1-3-28-19-10-12-20(13-11-19)30-16-24(27)26-22(23-5-4-14-29-23)15-21(25-26)18-8-6-17(2)7-9-18/h4-14,22H,3,15-16H2,1-2H3/t22-/m0/s1. The first-order valence-corrected chi connectivity index (χ1v) is 9.99. The van der Waals surface area contributed by atoms with Crippen LogP contribution in [-0.4, -0.2) is 29.8 Å². The van der Waals surface area contributed by atoms with Gasteiger partial charge in [-0.1, -0.05) is 29.8 Å². The second-order valence-corrected chi connectivity index (χ2v) is 7.08. The largest absolute Gasteiger partial charge is 0.494 e. The third-order valence-electron chi connectivity index (χ3n) is 4.92. The fourth-order valence-electron chi connectivity index (χ4n) is 3.37. The molecule has 0 fully saturated rings. The van der Waals surface area contributed by atoms with E-state index in [0.29, 0.717) is 24.5 Å². The van der Waals surface area contributed by atoms with Crippen molar-refractivity contribution in [3.05, 3.63) is 83.8 Å². The summed E-state index contributed by atoms with van der Waals surface area (Å²) in [6.07, 6.45) is 2.20. The number of carbonyl (C=O) groups is 1. The van der Waals surface area contributed by atoms with Gasteiger partial charge in [0.2, 0.25) is 0 Å². The maximum atomic E-state index is 13.0. The van der Waals surface area contributed by atoms with Crippen LogP contribution >= 0.6 is 0 Å². The first kappa shape index (κ1) is 19.8. The number of rotatable bonds is 7. The van der Waals surface area contributed by atoms with Gasteiger partial charge < -0.3 is 13.9 Å². The number of nitrogens with zero attached hydrogens (tertiary/aromatic N) is 2. The molecule has 30 heavy (non-hydrogen) atoms. The molecule has 0 unspecified atom stereocenters. The van der Waals surface area contributed by atoms with Crippen LogP contribution in [0.3, 0.4) is 0 Å². The number of aryl methyl sites for hydroxylation is 1. The van der Waals surface area contributed by atoms with E-state index in [-0.39, 0.29) is 18.6 Å². The van der Waals surface area contributed by atoms with Crippen molar-refractivity contribution in [2.45, 2.75) is 26.3 Å². The third kappa shape index (κ3) is 4.38. The molecule has 0 bridgehead atoms. The van der Waals surface area contributed by atoms with Crippen molar-refractivity contribution in [3.63, 3.8) is 0 Å². The summed E-state index contributed by atoms with van der Waals surface area (Å²) in [5.74, 6) is 1.84. The average Bonchev–Trinajstić information content (AvgIpc) is 3.44. The Morgan fingerprint density at radius 1 is 1.07 bits per heavy atom. The number of hydrogen-bond donors (Lipinski definition) is 0. The molecule has 2 aromatic carbocycles. The summed E-state index contributed by atoms with van der Waals surface area (Å²) in [5, 5.41) is 6.09. The molecule has 0 aliphatic carbocycles. The van der Waals surface area contributed by atoms with Crippen LogP contribution in [-0.2, 0) is 4.79 Å². The molecule has 0 saturated heterocycles. The molecule has 0 saturated carbocycles. The van der Waals surface area contributed by atoms with E-state index in [0.717, 1.165) is 17.0 Å². The molecule has 4 rings (SSSR count). The Labute approximate surface area is 175 Å². The Morgan fingerprint density at radius 3 is 2.40 bits per heavy atom. The number of benzene rings is 2. The minimum absolute atomic E-state index is 0.115.